The molecule has 1 heterocycles. The van der Waals surface area contributed by atoms with E-state index in [2.05, 4.69) is 139 Å². The highest BCUT2D eigenvalue weighted by Gasteiger charge is 2.61. The molecule has 0 atom stereocenters. The number of rotatable bonds is 3. The Morgan fingerprint density at radius 2 is 0.962 bits per heavy atom. The van der Waals surface area contributed by atoms with Gasteiger partial charge in [0, 0.05) is 22.2 Å². The number of anilines is 3. The number of para-hydroxylation sites is 1. The van der Waals surface area contributed by atoms with Crippen molar-refractivity contribution < 1.29 is 4.74 Å². The lowest BCUT2D eigenvalue weighted by Crippen LogP contribution is -2.57. The number of ether oxygens (including phenoxy) is 1. The summed E-state index contributed by atoms with van der Waals surface area (Å²) < 4.78 is 6.94. The Morgan fingerprint density at radius 1 is 0.481 bits per heavy atom. The van der Waals surface area contributed by atoms with Crippen LogP contribution >= 0.6 is 0 Å². The van der Waals surface area contributed by atoms with Gasteiger partial charge in [-0.2, -0.15) is 0 Å². The van der Waals surface area contributed by atoms with Crippen molar-refractivity contribution in [3.63, 3.8) is 0 Å². The summed E-state index contributed by atoms with van der Waals surface area (Å²) in [6.45, 7) is 19.9. The predicted molar refractivity (Wildman–Crippen MR) is 216 cm³/mol. The number of nitrogens with zero attached hydrogens (tertiary/aromatic N) is 1. The van der Waals surface area contributed by atoms with E-state index in [-0.39, 0.29) is 27.1 Å². The van der Waals surface area contributed by atoms with E-state index in [1.807, 2.05) is 0 Å². The van der Waals surface area contributed by atoms with Crippen molar-refractivity contribution in [3.8, 4) is 11.5 Å². The normalized spacial score (nSPS) is 30.5. The molecule has 2 heteroatoms. The maximum Gasteiger partial charge on any atom is 0.131 e. The molecular formula is C50H59NO. The second-order valence-electron chi connectivity index (χ2n) is 20.7. The molecule has 4 fully saturated rings. The van der Waals surface area contributed by atoms with E-state index in [1.54, 1.807) is 0 Å². The second-order valence-corrected chi connectivity index (χ2v) is 20.7. The zero-order valence-corrected chi connectivity index (χ0v) is 33.0. The molecule has 52 heavy (non-hydrogen) atoms. The Bertz CT molecular complexity index is 2000. The van der Waals surface area contributed by atoms with Crippen LogP contribution in [-0.4, -0.2) is 0 Å². The molecule has 7 aliphatic rings. The van der Waals surface area contributed by atoms with Crippen LogP contribution in [0.1, 0.15) is 147 Å². The van der Waals surface area contributed by atoms with Gasteiger partial charge >= 0.3 is 0 Å². The molecule has 2 nitrogen and oxygen atoms in total. The molecule has 0 N–H and O–H groups in total. The molecule has 1 aliphatic heterocycles. The number of hydrogen-bond donors (Lipinski definition) is 0. The van der Waals surface area contributed by atoms with Crippen LogP contribution in [-0.2, 0) is 27.1 Å². The van der Waals surface area contributed by atoms with E-state index >= 15 is 0 Å². The van der Waals surface area contributed by atoms with Crippen molar-refractivity contribution in [2.24, 2.45) is 23.7 Å². The van der Waals surface area contributed by atoms with Crippen LogP contribution in [0.25, 0.3) is 0 Å². The average molecular weight is 690 g/mol. The molecule has 0 unspecified atom stereocenters. The molecule has 1 spiro atoms. The zero-order valence-electron chi connectivity index (χ0n) is 33.0. The lowest BCUT2D eigenvalue weighted by Gasteiger charge is -2.63. The van der Waals surface area contributed by atoms with E-state index in [1.165, 1.54) is 108 Å². The molecule has 4 aromatic carbocycles. The molecule has 4 bridgehead atoms. The fraction of sp³-hybridized carbons (Fsp3) is 0.520. The van der Waals surface area contributed by atoms with Gasteiger partial charge in [-0.1, -0.05) is 97.9 Å². The highest BCUT2D eigenvalue weighted by atomic mass is 16.5. The lowest BCUT2D eigenvalue weighted by molar-refractivity contribution is -0.0452. The summed E-state index contributed by atoms with van der Waals surface area (Å²) in [6, 6.07) is 31.0. The first-order valence-electron chi connectivity index (χ1n) is 20.7. The Kier molecular flexibility index (Phi) is 6.87. The third-order valence-electron chi connectivity index (χ3n) is 15.8. The standard InChI is InChI=1S/C50H59NO/c1-46(2)21-23-48(5,6)44-37(46)14-11-16-40(44)51(41-17-12-15-38-45(41)49(7,8)24-22-47(38,3)4)35-19-20-43-39(30-35)50(36-13-9-10-18-42(36)52-43)33-26-31-25-32(28-33)29-34(50)27-31/h9-20,30-34H,21-29H2,1-8H3. The van der Waals surface area contributed by atoms with E-state index < -0.39 is 0 Å². The van der Waals surface area contributed by atoms with Crippen molar-refractivity contribution in [2.75, 3.05) is 4.90 Å². The van der Waals surface area contributed by atoms with Gasteiger partial charge in [-0.25, -0.2) is 0 Å². The molecule has 0 radical (unpaired) electrons. The van der Waals surface area contributed by atoms with E-state index in [4.69, 9.17) is 4.74 Å². The first-order chi connectivity index (χ1) is 24.7. The Balaban J connectivity index is 1.27. The van der Waals surface area contributed by atoms with Gasteiger partial charge in [0.05, 0.1) is 11.4 Å². The summed E-state index contributed by atoms with van der Waals surface area (Å²) >= 11 is 0. The largest absolute Gasteiger partial charge is 0.457 e. The van der Waals surface area contributed by atoms with Crippen molar-refractivity contribution in [2.45, 2.75) is 140 Å². The quantitative estimate of drug-likeness (QED) is 0.212. The number of benzene rings is 4. The molecule has 4 aromatic rings. The number of fused-ring (bicyclic) bond motifs is 4. The van der Waals surface area contributed by atoms with Crippen LogP contribution in [0.3, 0.4) is 0 Å². The molecular weight excluding hydrogens is 631 g/mol. The minimum absolute atomic E-state index is 0.00797. The summed E-state index contributed by atoms with van der Waals surface area (Å²) in [5, 5.41) is 0. The van der Waals surface area contributed by atoms with Gasteiger partial charge in [-0.3, -0.25) is 0 Å². The van der Waals surface area contributed by atoms with Crippen molar-refractivity contribution in [3.05, 3.63) is 112 Å². The summed E-state index contributed by atoms with van der Waals surface area (Å²) in [6.07, 6.45) is 11.7. The van der Waals surface area contributed by atoms with Gasteiger partial charge in [0.2, 0.25) is 0 Å². The van der Waals surface area contributed by atoms with Crippen LogP contribution in [0.2, 0.25) is 0 Å². The second kappa shape index (κ2) is 10.8. The highest BCUT2D eigenvalue weighted by molar-refractivity contribution is 5.84. The van der Waals surface area contributed by atoms with Gasteiger partial charge in [-0.15, -0.1) is 0 Å². The molecule has 0 amide bonds. The van der Waals surface area contributed by atoms with Gasteiger partial charge in [0.15, 0.2) is 0 Å². The minimum atomic E-state index is 0.00797. The minimum Gasteiger partial charge on any atom is -0.457 e. The highest BCUT2D eigenvalue weighted by Crippen LogP contribution is 2.69. The average Bonchev–Trinajstić information content (AvgIpc) is 3.10. The van der Waals surface area contributed by atoms with Crippen LogP contribution in [0, 0.1) is 23.7 Å². The predicted octanol–water partition coefficient (Wildman–Crippen LogP) is 13.7. The fourth-order valence-electron chi connectivity index (χ4n) is 13.2. The third kappa shape index (κ3) is 4.48. The van der Waals surface area contributed by atoms with Crippen LogP contribution in [0.5, 0.6) is 11.5 Å². The third-order valence-corrected chi connectivity index (χ3v) is 15.8. The van der Waals surface area contributed by atoms with Crippen molar-refractivity contribution in [1.82, 2.24) is 0 Å². The molecule has 11 rings (SSSR count). The maximum atomic E-state index is 6.94. The van der Waals surface area contributed by atoms with Gasteiger partial charge in [-0.05, 0) is 162 Å². The van der Waals surface area contributed by atoms with Gasteiger partial charge in [0.1, 0.15) is 11.5 Å². The number of hydrogen-bond acceptors (Lipinski definition) is 2. The van der Waals surface area contributed by atoms with E-state index in [0.717, 1.165) is 23.3 Å². The summed E-state index contributed by atoms with van der Waals surface area (Å²) in [4.78, 5) is 2.73. The fourth-order valence-corrected chi connectivity index (χ4v) is 13.2. The monoisotopic (exact) mass is 689 g/mol. The first kappa shape index (κ1) is 33.1. The van der Waals surface area contributed by atoms with E-state index in [0.29, 0.717) is 11.8 Å². The van der Waals surface area contributed by atoms with Crippen LogP contribution in [0.4, 0.5) is 17.1 Å². The molecule has 0 aromatic heterocycles. The molecule has 4 saturated carbocycles. The molecule has 6 aliphatic carbocycles. The first-order valence-corrected chi connectivity index (χ1v) is 20.7. The SMILES string of the molecule is CC1(C)CCC(C)(C)c2c(N(c3ccc4c(c3)C3(c5ccccc5O4)C4CC5CC(C4)CC3C5)c3cccc4c3C(C)(C)CCC4(C)C)cccc21. The Labute approximate surface area is 313 Å². The van der Waals surface area contributed by atoms with Gasteiger partial charge in [0.25, 0.3) is 0 Å². The topological polar surface area (TPSA) is 12.5 Å². The zero-order chi connectivity index (χ0) is 36.0. The smallest absolute Gasteiger partial charge is 0.131 e. The Hall–Kier alpha value is -3.52. The van der Waals surface area contributed by atoms with Crippen molar-refractivity contribution in [1.29, 1.82) is 0 Å². The van der Waals surface area contributed by atoms with E-state index in [9.17, 15) is 0 Å². The summed E-state index contributed by atoms with van der Waals surface area (Å²) in [5.41, 5.74) is 13.4. The van der Waals surface area contributed by atoms with Gasteiger partial charge < -0.3 is 9.64 Å². The summed E-state index contributed by atoms with van der Waals surface area (Å²) in [5.74, 6) is 5.31. The van der Waals surface area contributed by atoms with Crippen LogP contribution in [0.15, 0.2) is 78.9 Å². The molecule has 270 valence electrons. The van der Waals surface area contributed by atoms with Crippen LogP contribution < -0.4 is 9.64 Å². The maximum absolute atomic E-state index is 6.94. The summed E-state index contributed by atoms with van der Waals surface area (Å²) in [7, 11) is 0. The Morgan fingerprint density at radius 3 is 1.52 bits per heavy atom. The molecule has 0 saturated heterocycles. The van der Waals surface area contributed by atoms with Crippen molar-refractivity contribution >= 4 is 17.1 Å². The lowest BCUT2D eigenvalue weighted by atomic mass is 9.42.